The largest absolute Gasteiger partial charge is 0.496 e. The van der Waals surface area contributed by atoms with Crippen molar-refractivity contribution in [1.29, 1.82) is 0 Å². The van der Waals surface area contributed by atoms with Crippen LogP contribution in [0.25, 0.3) is 0 Å². The summed E-state index contributed by atoms with van der Waals surface area (Å²) in [5.74, 6) is 1.35. The highest BCUT2D eigenvalue weighted by molar-refractivity contribution is 7.92. The number of nitrogens with zero attached hydrogens (tertiary/aromatic N) is 1. The number of fused-ring (bicyclic) bond motifs is 1. The smallest absolute Gasteiger partial charge is 0.240 e. The first kappa shape index (κ1) is 22.7. The first-order chi connectivity index (χ1) is 14.9. The Morgan fingerprint density at radius 2 is 1.87 bits per heavy atom. The molecule has 3 rings (SSSR count). The molecular weight excluding hydrogens is 420 g/mol. The highest BCUT2D eigenvalue weighted by atomic mass is 32.2. The number of aryl methyl sites for hydroxylation is 1. The van der Waals surface area contributed by atoms with Gasteiger partial charge in [0, 0.05) is 12.6 Å². The Bertz CT molecular complexity index is 1010. The molecule has 0 aromatic heterocycles. The van der Waals surface area contributed by atoms with Crippen molar-refractivity contribution in [2.24, 2.45) is 0 Å². The molecule has 31 heavy (non-hydrogen) atoms. The zero-order chi connectivity index (χ0) is 22.3. The van der Waals surface area contributed by atoms with Crippen LogP contribution in [0.1, 0.15) is 18.9 Å². The standard InChI is InChI=1S/C22H28N2O6S/c1-3-31(26,27)24(18-10-11-20-21(15-18)30-14-13-29-20)16-22(25)23-12-6-8-17-7-4-5-9-19(17)28-2/h4-5,7,9-11,15H,3,6,8,12-14,16H2,1-2H3,(H,23,25). The summed E-state index contributed by atoms with van der Waals surface area (Å²) in [5.41, 5.74) is 1.43. The molecule has 1 aliphatic heterocycles. The molecule has 0 fully saturated rings. The SMILES string of the molecule is CCS(=O)(=O)N(CC(=O)NCCCc1ccccc1OC)c1ccc2c(c1)OCCO2. The van der Waals surface area contributed by atoms with Gasteiger partial charge in [0.2, 0.25) is 15.9 Å². The molecular formula is C22H28N2O6S. The molecule has 168 valence electrons. The van der Waals surface area contributed by atoms with E-state index in [1.54, 1.807) is 32.2 Å². The summed E-state index contributed by atoms with van der Waals surface area (Å²) in [4.78, 5) is 12.5. The Hall–Kier alpha value is -2.94. The second-order valence-electron chi connectivity index (χ2n) is 7.00. The quantitative estimate of drug-likeness (QED) is 0.561. The maximum Gasteiger partial charge on any atom is 0.240 e. The Balaban J connectivity index is 1.62. The third kappa shape index (κ3) is 5.81. The van der Waals surface area contributed by atoms with Crippen molar-refractivity contribution in [2.75, 3.05) is 43.5 Å². The minimum Gasteiger partial charge on any atom is -0.496 e. The fourth-order valence-electron chi connectivity index (χ4n) is 3.30. The van der Waals surface area contributed by atoms with Crippen molar-refractivity contribution in [2.45, 2.75) is 19.8 Å². The lowest BCUT2D eigenvalue weighted by molar-refractivity contribution is -0.119. The van der Waals surface area contributed by atoms with E-state index in [4.69, 9.17) is 14.2 Å². The Kier molecular flexibility index (Phi) is 7.62. The fourth-order valence-corrected chi connectivity index (χ4v) is 4.36. The summed E-state index contributed by atoms with van der Waals surface area (Å²) in [6.07, 6.45) is 1.44. The second kappa shape index (κ2) is 10.4. The second-order valence-corrected chi connectivity index (χ2v) is 9.18. The molecule has 0 aliphatic carbocycles. The van der Waals surface area contributed by atoms with Gasteiger partial charge in [-0.3, -0.25) is 9.10 Å². The zero-order valence-corrected chi connectivity index (χ0v) is 18.6. The third-order valence-electron chi connectivity index (χ3n) is 4.94. The summed E-state index contributed by atoms with van der Waals surface area (Å²) in [6.45, 7) is 2.51. The first-order valence-corrected chi connectivity index (χ1v) is 11.8. The number of rotatable bonds is 10. The van der Waals surface area contributed by atoms with Gasteiger partial charge in [-0.15, -0.1) is 0 Å². The van der Waals surface area contributed by atoms with Crippen LogP contribution in [0.5, 0.6) is 17.2 Å². The number of carbonyl (C=O) groups excluding carboxylic acids is 1. The number of methoxy groups -OCH3 is 1. The number of benzene rings is 2. The molecule has 2 aromatic rings. The minimum atomic E-state index is -3.66. The molecule has 0 saturated carbocycles. The maximum atomic E-state index is 12.6. The van der Waals surface area contributed by atoms with Crippen LogP contribution < -0.4 is 23.8 Å². The first-order valence-electron chi connectivity index (χ1n) is 10.2. The van der Waals surface area contributed by atoms with Crippen LogP contribution >= 0.6 is 0 Å². The van der Waals surface area contributed by atoms with Gasteiger partial charge >= 0.3 is 0 Å². The molecule has 0 unspecified atom stereocenters. The van der Waals surface area contributed by atoms with Gasteiger partial charge < -0.3 is 19.5 Å². The summed E-state index contributed by atoms with van der Waals surface area (Å²) >= 11 is 0. The molecule has 0 atom stereocenters. The predicted octanol–water partition coefficient (Wildman–Crippen LogP) is 2.37. The molecule has 1 aliphatic rings. The van der Waals surface area contributed by atoms with E-state index in [9.17, 15) is 13.2 Å². The Labute approximate surface area is 183 Å². The van der Waals surface area contributed by atoms with Crippen LogP contribution in [0.2, 0.25) is 0 Å². The Morgan fingerprint density at radius 1 is 1.13 bits per heavy atom. The number of ether oxygens (including phenoxy) is 3. The van der Waals surface area contributed by atoms with E-state index in [1.807, 2.05) is 24.3 Å². The highest BCUT2D eigenvalue weighted by Crippen LogP contribution is 2.34. The number of nitrogens with one attached hydrogen (secondary N) is 1. The number of carbonyl (C=O) groups is 1. The predicted molar refractivity (Wildman–Crippen MR) is 119 cm³/mol. The van der Waals surface area contributed by atoms with E-state index in [-0.39, 0.29) is 18.2 Å². The number of anilines is 1. The normalized spacial score (nSPS) is 12.8. The average Bonchev–Trinajstić information content (AvgIpc) is 2.80. The van der Waals surface area contributed by atoms with Crippen molar-refractivity contribution >= 4 is 21.6 Å². The lowest BCUT2D eigenvalue weighted by Crippen LogP contribution is -2.41. The van der Waals surface area contributed by atoms with Crippen molar-refractivity contribution < 1.29 is 27.4 Å². The van der Waals surface area contributed by atoms with E-state index in [1.165, 1.54) is 0 Å². The summed E-state index contributed by atoms with van der Waals surface area (Å²) in [5, 5.41) is 2.81. The molecule has 0 bridgehead atoms. The monoisotopic (exact) mass is 448 g/mol. The van der Waals surface area contributed by atoms with Gasteiger partial charge in [0.15, 0.2) is 11.5 Å². The lowest BCUT2D eigenvalue weighted by atomic mass is 10.1. The van der Waals surface area contributed by atoms with E-state index < -0.39 is 10.0 Å². The van der Waals surface area contributed by atoms with Gasteiger partial charge in [0.25, 0.3) is 0 Å². The van der Waals surface area contributed by atoms with Crippen molar-refractivity contribution in [1.82, 2.24) is 5.32 Å². The molecule has 9 heteroatoms. The summed E-state index contributed by atoms with van der Waals surface area (Å²) < 4.78 is 42.8. The Morgan fingerprint density at radius 3 is 2.61 bits per heavy atom. The van der Waals surface area contributed by atoms with Crippen LogP contribution in [0.4, 0.5) is 5.69 Å². The van der Waals surface area contributed by atoms with Gasteiger partial charge in [-0.05, 0) is 43.5 Å². The third-order valence-corrected chi connectivity index (χ3v) is 6.68. The van der Waals surface area contributed by atoms with Crippen LogP contribution in [-0.2, 0) is 21.2 Å². The van der Waals surface area contributed by atoms with Crippen LogP contribution in [0, 0.1) is 0 Å². The highest BCUT2D eigenvalue weighted by Gasteiger charge is 2.25. The molecule has 0 spiro atoms. The van der Waals surface area contributed by atoms with E-state index in [2.05, 4.69) is 5.32 Å². The van der Waals surface area contributed by atoms with Crippen LogP contribution in [0.15, 0.2) is 42.5 Å². The number of sulfonamides is 1. The van der Waals surface area contributed by atoms with Crippen molar-refractivity contribution in [3.8, 4) is 17.2 Å². The van der Waals surface area contributed by atoms with Gasteiger partial charge in [0.1, 0.15) is 25.5 Å². The maximum absolute atomic E-state index is 12.6. The number of hydrogen-bond acceptors (Lipinski definition) is 6. The molecule has 1 heterocycles. The number of hydrogen-bond donors (Lipinski definition) is 1. The van der Waals surface area contributed by atoms with Crippen molar-refractivity contribution in [3.63, 3.8) is 0 Å². The molecule has 0 saturated heterocycles. The number of amides is 1. The molecule has 1 amide bonds. The molecule has 0 radical (unpaired) electrons. The molecule has 2 aromatic carbocycles. The van der Waals surface area contributed by atoms with E-state index in [0.29, 0.717) is 43.4 Å². The summed E-state index contributed by atoms with van der Waals surface area (Å²) in [6, 6.07) is 12.6. The molecule has 8 nitrogen and oxygen atoms in total. The summed E-state index contributed by atoms with van der Waals surface area (Å²) in [7, 11) is -2.03. The van der Waals surface area contributed by atoms with Crippen LogP contribution in [0.3, 0.4) is 0 Å². The topological polar surface area (TPSA) is 94.2 Å². The van der Waals surface area contributed by atoms with Gasteiger partial charge in [-0.1, -0.05) is 18.2 Å². The average molecular weight is 449 g/mol. The lowest BCUT2D eigenvalue weighted by Gasteiger charge is -2.25. The van der Waals surface area contributed by atoms with Gasteiger partial charge in [-0.2, -0.15) is 0 Å². The van der Waals surface area contributed by atoms with E-state index >= 15 is 0 Å². The minimum absolute atomic E-state index is 0.122. The van der Waals surface area contributed by atoms with Gasteiger partial charge in [0.05, 0.1) is 18.6 Å². The van der Waals surface area contributed by atoms with E-state index in [0.717, 1.165) is 22.0 Å². The van der Waals surface area contributed by atoms with Crippen molar-refractivity contribution in [3.05, 3.63) is 48.0 Å². The number of para-hydroxylation sites is 1. The van der Waals surface area contributed by atoms with Crippen LogP contribution in [-0.4, -0.2) is 53.5 Å². The fraction of sp³-hybridized carbons (Fsp3) is 0.409. The van der Waals surface area contributed by atoms with Gasteiger partial charge in [-0.25, -0.2) is 8.42 Å². The molecule has 1 N–H and O–H groups in total. The zero-order valence-electron chi connectivity index (χ0n) is 17.8.